The van der Waals surface area contributed by atoms with Gasteiger partial charge in [0.2, 0.25) is 0 Å². The SMILES string of the molecule is CNC(c1ccc(Cl)o1)C(C)c1ccccn1. The second-order valence-corrected chi connectivity index (χ2v) is 4.32. The molecule has 2 aromatic rings. The van der Waals surface area contributed by atoms with Gasteiger partial charge in [-0.2, -0.15) is 0 Å². The lowest BCUT2D eigenvalue weighted by Gasteiger charge is -2.21. The third kappa shape index (κ3) is 2.68. The number of nitrogens with zero attached hydrogens (tertiary/aromatic N) is 1. The van der Waals surface area contributed by atoms with Gasteiger partial charge in [-0.25, -0.2) is 0 Å². The summed E-state index contributed by atoms with van der Waals surface area (Å²) >= 11 is 5.80. The van der Waals surface area contributed by atoms with Gasteiger partial charge in [0.25, 0.3) is 0 Å². The summed E-state index contributed by atoms with van der Waals surface area (Å²) in [5.41, 5.74) is 1.03. The molecule has 0 aliphatic heterocycles. The number of halogens is 1. The first-order chi connectivity index (χ1) is 8.22. The number of rotatable bonds is 4. The van der Waals surface area contributed by atoms with E-state index in [2.05, 4.69) is 17.2 Å². The zero-order valence-corrected chi connectivity index (χ0v) is 10.6. The van der Waals surface area contributed by atoms with Gasteiger partial charge in [-0.3, -0.25) is 4.98 Å². The van der Waals surface area contributed by atoms with E-state index in [1.165, 1.54) is 0 Å². The lowest BCUT2D eigenvalue weighted by atomic mass is 9.96. The van der Waals surface area contributed by atoms with Crippen LogP contribution >= 0.6 is 11.6 Å². The second kappa shape index (κ2) is 5.34. The van der Waals surface area contributed by atoms with Crippen molar-refractivity contribution < 1.29 is 4.42 Å². The van der Waals surface area contributed by atoms with E-state index >= 15 is 0 Å². The fourth-order valence-corrected chi connectivity index (χ4v) is 2.10. The van der Waals surface area contributed by atoms with Gasteiger partial charge >= 0.3 is 0 Å². The number of likely N-dealkylation sites (N-methyl/N-ethyl adjacent to an activating group) is 1. The minimum Gasteiger partial charge on any atom is -0.448 e. The largest absolute Gasteiger partial charge is 0.448 e. The molecule has 2 unspecified atom stereocenters. The van der Waals surface area contributed by atoms with Crippen LogP contribution in [0.4, 0.5) is 0 Å². The van der Waals surface area contributed by atoms with Crippen LogP contribution in [0.5, 0.6) is 0 Å². The van der Waals surface area contributed by atoms with Gasteiger partial charge in [0.15, 0.2) is 5.22 Å². The molecule has 4 heteroatoms. The van der Waals surface area contributed by atoms with E-state index in [-0.39, 0.29) is 12.0 Å². The number of aromatic nitrogens is 1. The molecule has 0 bridgehead atoms. The maximum Gasteiger partial charge on any atom is 0.193 e. The first-order valence-corrected chi connectivity index (χ1v) is 5.93. The zero-order valence-electron chi connectivity index (χ0n) is 9.85. The Morgan fingerprint density at radius 3 is 2.65 bits per heavy atom. The number of hydrogen-bond donors (Lipinski definition) is 1. The fourth-order valence-electron chi connectivity index (χ4n) is 1.95. The van der Waals surface area contributed by atoms with Crippen LogP contribution in [0.15, 0.2) is 40.9 Å². The Hall–Kier alpha value is -1.32. The maximum atomic E-state index is 5.80. The summed E-state index contributed by atoms with van der Waals surface area (Å²) < 4.78 is 5.45. The monoisotopic (exact) mass is 250 g/mol. The molecule has 2 heterocycles. The van der Waals surface area contributed by atoms with Gasteiger partial charge in [0, 0.05) is 17.8 Å². The molecule has 0 saturated carbocycles. The Kier molecular flexibility index (Phi) is 3.82. The smallest absolute Gasteiger partial charge is 0.193 e. The Morgan fingerprint density at radius 2 is 2.12 bits per heavy atom. The third-order valence-corrected chi connectivity index (χ3v) is 3.07. The van der Waals surface area contributed by atoms with Crippen LogP contribution in [0.1, 0.15) is 30.3 Å². The fraction of sp³-hybridized carbons (Fsp3) is 0.308. The van der Waals surface area contributed by atoms with Gasteiger partial charge in [-0.1, -0.05) is 13.0 Å². The van der Waals surface area contributed by atoms with Crippen LogP contribution in [-0.4, -0.2) is 12.0 Å². The normalized spacial score (nSPS) is 14.5. The summed E-state index contributed by atoms with van der Waals surface area (Å²) in [4.78, 5) is 4.37. The summed E-state index contributed by atoms with van der Waals surface area (Å²) in [6.45, 7) is 2.11. The second-order valence-electron chi connectivity index (χ2n) is 3.95. The number of nitrogens with one attached hydrogen (secondary N) is 1. The van der Waals surface area contributed by atoms with E-state index in [9.17, 15) is 0 Å². The van der Waals surface area contributed by atoms with Crippen molar-refractivity contribution in [3.8, 4) is 0 Å². The van der Waals surface area contributed by atoms with E-state index in [4.69, 9.17) is 16.0 Å². The lowest BCUT2D eigenvalue weighted by molar-refractivity contribution is 0.392. The van der Waals surface area contributed by atoms with E-state index in [1.54, 1.807) is 12.3 Å². The van der Waals surface area contributed by atoms with Crippen LogP contribution in [0.3, 0.4) is 0 Å². The van der Waals surface area contributed by atoms with Gasteiger partial charge in [-0.15, -0.1) is 0 Å². The average Bonchev–Trinajstić information content (AvgIpc) is 2.78. The molecule has 2 atom stereocenters. The van der Waals surface area contributed by atoms with Gasteiger partial charge in [-0.05, 0) is 42.9 Å². The highest BCUT2D eigenvalue weighted by molar-refractivity contribution is 6.28. The van der Waals surface area contributed by atoms with Gasteiger partial charge in [0.05, 0.1) is 6.04 Å². The van der Waals surface area contributed by atoms with Gasteiger partial charge in [0.1, 0.15) is 5.76 Å². The summed E-state index contributed by atoms with van der Waals surface area (Å²) in [6, 6.07) is 9.63. The Morgan fingerprint density at radius 1 is 1.29 bits per heavy atom. The summed E-state index contributed by atoms with van der Waals surface area (Å²) in [7, 11) is 1.90. The molecule has 0 fully saturated rings. The summed E-state index contributed by atoms with van der Waals surface area (Å²) in [5, 5.41) is 3.65. The van der Waals surface area contributed by atoms with Crippen LogP contribution in [0, 0.1) is 0 Å². The van der Waals surface area contributed by atoms with Crippen LogP contribution in [-0.2, 0) is 0 Å². The van der Waals surface area contributed by atoms with Crippen LogP contribution in [0.2, 0.25) is 5.22 Å². The van der Waals surface area contributed by atoms with Gasteiger partial charge < -0.3 is 9.73 Å². The average molecular weight is 251 g/mol. The van der Waals surface area contributed by atoms with E-state index in [0.29, 0.717) is 5.22 Å². The van der Waals surface area contributed by atoms with E-state index in [1.807, 2.05) is 31.3 Å². The van der Waals surface area contributed by atoms with Crippen molar-refractivity contribution in [3.05, 3.63) is 53.2 Å². The number of furan rings is 1. The van der Waals surface area contributed by atoms with Crippen molar-refractivity contribution in [2.24, 2.45) is 0 Å². The molecule has 3 nitrogen and oxygen atoms in total. The minimum absolute atomic E-state index is 0.0670. The quantitative estimate of drug-likeness (QED) is 0.904. The maximum absolute atomic E-state index is 5.80. The first kappa shape index (κ1) is 12.1. The van der Waals surface area contributed by atoms with E-state index < -0.39 is 0 Å². The molecule has 0 aliphatic rings. The topological polar surface area (TPSA) is 38.1 Å². The van der Waals surface area contributed by atoms with Crippen molar-refractivity contribution in [2.75, 3.05) is 7.05 Å². The molecule has 0 radical (unpaired) electrons. The third-order valence-electron chi connectivity index (χ3n) is 2.87. The molecule has 2 aromatic heterocycles. The Balaban J connectivity index is 2.25. The molecule has 17 heavy (non-hydrogen) atoms. The molecule has 90 valence electrons. The van der Waals surface area contributed by atoms with Crippen molar-refractivity contribution >= 4 is 11.6 Å². The predicted molar refractivity (Wildman–Crippen MR) is 68.2 cm³/mol. The summed E-state index contributed by atoms with van der Waals surface area (Å²) in [5.74, 6) is 1.04. The molecule has 0 aliphatic carbocycles. The molecule has 0 saturated heterocycles. The molecule has 2 rings (SSSR count). The highest BCUT2D eigenvalue weighted by Gasteiger charge is 2.22. The molecule has 0 aromatic carbocycles. The molecule has 1 N–H and O–H groups in total. The predicted octanol–water partition coefficient (Wildman–Crippen LogP) is 3.39. The molecule has 0 amide bonds. The Labute approximate surface area is 106 Å². The first-order valence-electron chi connectivity index (χ1n) is 5.56. The number of hydrogen-bond acceptors (Lipinski definition) is 3. The van der Waals surface area contributed by atoms with Crippen LogP contribution in [0.25, 0.3) is 0 Å². The minimum atomic E-state index is 0.0670. The van der Waals surface area contributed by atoms with Crippen molar-refractivity contribution in [2.45, 2.75) is 18.9 Å². The highest BCUT2D eigenvalue weighted by atomic mass is 35.5. The highest BCUT2D eigenvalue weighted by Crippen LogP contribution is 2.31. The standard InChI is InChI=1S/C13H15ClN2O/c1-9(10-5-3-4-8-16-10)13(15-2)11-6-7-12(14)17-11/h3-9,13,15H,1-2H3. The van der Waals surface area contributed by atoms with E-state index in [0.717, 1.165) is 11.5 Å². The molecular formula is C13H15ClN2O. The summed E-state index contributed by atoms with van der Waals surface area (Å²) in [6.07, 6.45) is 1.80. The van der Waals surface area contributed by atoms with Crippen molar-refractivity contribution in [1.82, 2.24) is 10.3 Å². The zero-order chi connectivity index (χ0) is 12.3. The van der Waals surface area contributed by atoms with Crippen molar-refractivity contribution in [1.29, 1.82) is 0 Å². The van der Waals surface area contributed by atoms with Crippen LogP contribution < -0.4 is 5.32 Å². The Bertz CT molecular complexity index is 469. The molecular weight excluding hydrogens is 236 g/mol. The number of pyridine rings is 1. The lowest BCUT2D eigenvalue weighted by Crippen LogP contribution is -2.22. The molecule has 0 spiro atoms. The van der Waals surface area contributed by atoms with Crippen molar-refractivity contribution in [3.63, 3.8) is 0 Å².